The van der Waals surface area contributed by atoms with Crippen LogP contribution < -0.4 is 5.73 Å². The molecule has 0 aromatic carbocycles. The van der Waals surface area contributed by atoms with E-state index in [1.807, 2.05) is 0 Å². The summed E-state index contributed by atoms with van der Waals surface area (Å²) in [6.45, 7) is 3.19. The fourth-order valence-corrected chi connectivity index (χ4v) is 3.19. The molecule has 1 heterocycles. The molecule has 3 atom stereocenters. The molecule has 1 saturated heterocycles. The van der Waals surface area contributed by atoms with E-state index in [0.29, 0.717) is 12.1 Å². The number of hydrogen-bond donors (Lipinski definition) is 1. The van der Waals surface area contributed by atoms with Gasteiger partial charge in [0.25, 0.3) is 0 Å². The normalized spacial score (nSPS) is 38.1. The predicted molar refractivity (Wildman–Crippen MR) is 64.8 cm³/mol. The van der Waals surface area contributed by atoms with E-state index in [1.165, 1.54) is 38.5 Å². The van der Waals surface area contributed by atoms with Crippen molar-refractivity contribution in [2.45, 2.75) is 63.6 Å². The number of allylic oxidation sites excluding steroid dienone is 1. The molecule has 0 spiro atoms. The van der Waals surface area contributed by atoms with E-state index in [-0.39, 0.29) is 0 Å². The van der Waals surface area contributed by atoms with Crippen molar-refractivity contribution in [2.75, 3.05) is 6.54 Å². The highest BCUT2D eigenvalue weighted by Gasteiger charge is 2.31. The highest BCUT2D eigenvalue weighted by Crippen LogP contribution is 2.28. The van der Waals surface area contributed by atoms with Gasteiger partial charge in [-0.1, -0.05) is 18.6 Å². The van der Waals surface area contributed by atoms with Crippen molar-refractivity contribution in [3.63, 3.8) is 0 Å². The summed E-state index contributed by atoms with van der Waals surface area (Å²) in [5.74, 6) is 0. The zero-order chi connectivity index (χ0) is 10.7. The average molecular weight is 208 g/mol. The van der Waals surface area contributed by atoms with Crippen LogP contribution in [0.2, 0.25) is 0 Å². The second-order valence-corrected chi connectivity index (χ2v) is 5.04. The second-order valence-electron chi connectivity index (χ2n) is 5.04. The van der Waals surface area contributed by atoms with Crippen LogP contribution in [-0.2, 0) is 0 Å². The van der Waals surface area contributed by atoms with Crippen molar-refractivity contribution in [2.24, 2.45) is 5.73 Å². The molecule has 0 amide bonds. The lowest BCUT2D eigenvalue weighted by molar-refractivity contribution is 0.0632. The van der Waals surface area contributed by atoms with Crippen molar-refractivity contribution in [3.05, 3.63) is 12.2 Å². The lowest BCUT2D eigenvalue weighted by Crippen LogP contribution is -2.53. The minimum atomic E-state index is 0.626. The third-order valence-corrected chi connectivity index (χ3v) is 3.97. The Balaban J connectivity index is 2.07. The predicted octanol–water partition coefficient (Wildman–Crippen LogP) is 2.30. The van der Waals surface area contributed by atoms with Crippen LogP contribution in [-0.4, -0.2) is 29.6 Å². The minimum Gasteiger partial charge on any atom is -0.329 e. The molecular formula is C13H24N2. The van der Waals surface area contributed by atoms with Crippen LogP contribution in [0.3, 0.4) is 0 Å². The van der Waals surface area contributed by atoms with Gasteiger partial charge in [-0.25, -0.2) is 0 Å². The first kappa shape index (κ1) is 11.2. The largest absolute Gasteiger partial charge is 0.329 e. The van der Waals surface area contributed by atoms with Gasteiger partial charge < -0.3 is 5.73 Å². The van der Waals surface area contributed by atoms with Crippen LogP contribution in [0.4, 0.5) is 0 Å². The Kier molecular flexibility index (Phi) is 3.81. The maximum absolute atomic E-state index is 5.90. The van der Waals surface area contributed by atoms with Crippen LogP contribution in [0.25, 0.3) is 0 Å². The Morgan fingerprint density at radius 3 is 2.80 bits per heavy atom. The summed E-state index contributed by atoms with van der Waals surface area (Å²) in [6.07, 6.45) is 12.7. The van der Waals surface area contributed by atoms with Crippen LogP contribution in [0.5, 0.6) is 0 Å². The molecule has 0 bridgehead atoms. The zero-order valence-electron chi connectivity index (χ0n) is 9.86. The first-order valence-corrected chi connectivity index (χ1v) is 6.47. The Morgan fingerprint density at radius 1 is 1.27 bits per heavy atom. The third kappa shape index (κ3) is 2.43. The molecule has 2 aliphatic rings. The van der Waals surface area contributed by atoms with E-state index < -0.39 is 0 Å². The van der Waals surface area contributed by atoms with Crippen molar-refractivity contribution in [1.82, 2.24) is 4.90 Å². The number of nitrogens with zero attached hydrogens (tertiary/aromatic N) is 1. The molecule has 86 valence electrons. The first-order chi connectivity index (χ1) is 7.33. The van der Waals surface area contributed by atoms with E-state index in [4.69, 9.17) is 5.73 Å². The molecule has 0 saturated carbocycles. The van der Waals surface area contributed by atoms with Crippen LogP contribution in [0.15, 0.2) is 12.2 Å². The maximum atomic E-state index is 5.90. The lowest BCUT2D eigenvalue weighted by atomic mass is 9.91. The van der Waals surface area contributed by atoms with Gasteiger partial charge in [-0.15, -0.1) is 0 Å². The van der Waals surface area contributed by atoms with Gasteiger partial charge in [0.1, 0.15) is 0 Å². The zero-order valence-corrected chi connectivity index (χ0v) is 9.86. The average Bonchev–Trinajstić information content (AvgIpc) is 2.29. The standard InChI is InChI=1S/C13H24N2/c1-11-6-5-9-13(10-14)15(11)12-7-3-2-4-8-12/h3,7,11-13H,2,4-6,8-10,14H2,1H3. The number of rotatable bonds is 2. The maximum Gasteiger partial charge on any atom is 0.0284 e. The molecule has 0 radical (unpaired) electrons. The summed E-state index contributed by atoms with van der Waals surface area (Å²) < 4.78 is 0. The van der Waals surface area contributed by atoms with Crippen LogP contribution >= 0.6 is 0 Å². The summed E-state index contributed by atoms with van der Waals surface area (Å²) in [6, 6.07) is 2.02. The van der Waals surface area contributed by atoms with E-state index >= 15 is 0 Å². The molecular weight excluding hydrogens is 184 g/mol. The monoisotopic (exact) mass is 208 g/mol. The number of hydrogen-bond acceptors (Lipinski definition) is 2. The molecule has 2 nitrogen and oxygen atoms in total. The summed E-state index contributed by atoms with van der Waals surface area (Å²) in [5.41, 5.74) is 5.90. The Labute approximate surface area is 93.5 Å². The summed E-state index contributed by atoms with van der Waals surface area (Å²) >= 11 is 0. The highest BCUT2D eigenvalue weighted by atomic mass is 15.2. The van der Waals surface area contributed by atoms with Gasteiger partial charge in [-0.05, 0) is 39.0 Å². The van der Waals surface area contributed by atoms with Gasteiger partial charge in [0.2, 0.25) is 0 Å². The molecule has 0 aromatic rings. The summed E-state index contributed by atoms with van der Waals surface area (Å²) in [4.78, 5) is 2.68. The molecule has 1 aliphatic carbocycles. The Hall–Kier alpha value is -0.340. The molecule has 2 heteroatoms. The first-order valence-electron chi connectivity index (χ1n) is 6.47. The fourth-order valence-electron chi connectivity index (χ4n) is 3.19. The SMILES string of the molecule is CC1CCCC(CN)N1C1C=CCCC1. The molecule has 0 aromatic heterocycles. The van der Waals surface area contributed by atoms with Crippen molar-refractivity contribution in [1.29, 1.82) is 0 Å². The van der Waals surface area contributed by atoms with Crippen molar-refractivity contribution in [3.8, 4) is 0 Å². The van der Waals surface area contributed by atoms with Gasteiger partial charge in [-0.2, -0.15) is 0 Å². The van der Waals surface area contributed by atoms with Crippen LogP contribution in [0, 0.1) is 0 Å². The van der Waals surface area contributed by atoms with Crippen molar-refractivity contribution >= 4 is 0 Å². The summed E-state index contributed by atoms with van der Waals surface area (Å²) in [5, 5.41) is 0. The van der Waals surface area contributed by atoms with Gasteiger partial charge in [0, 0.05) is 24.7 Å². The second kappa shape index (κ2) is 5.13. The van der Waals surface area contributed by atoms with E-state index in [1.54, 1.807) is 0 Å². The molecule has 1 aliphatic heterocycles. The van der Waals surface area contributed by atoms with Gasteiger partial charge in [-0.3, -0.25) is 4.90 Å². The Morgan fingerprint density at radius 2 is 2.13 bits per heavy atom. The van der Waals surface area contributed by atoms with Gasteiger partial charge in [0.15, 0.2) is 0 Å². The smallest absolute Gasteiger partial charge is 0.0284 e. The minimum absolute atomic E-state index is 0.626. The number of likely N-dealkylation sites (tertiary alicyclic amines) is 1. The van der Waals surface area contributed by atoms with E-state index in [2.05, 4.69) is 24.0 Å². The van der Waals surface area contributed by atoms with Gasteiger partial charge in [0.05, 0.1) is 0 Å². The lowest BCUT2D eigenvalue weighted by Gasteiger charge is -2.45. The number of nitrogens with two attached hydrogens (primary N) is 1. The highest BCUT2D eigenvalue weighted by molar-refractivity contribution is 5.02. The van der Waals surface area contributed by atoms with E-state index in [0.717, 1.165) is 12.6 Å². The Bertz CT molecular complexity index is 225. The quantitative estimate of drug-likeness (QED) is 0.706. The molecule has 2 N–H and O–H groups in total. The molecule has 3 unspecified atom stereocenters. The topological polar surface area (TPSA) is 29.3 Å². The summed E-state index contributed by atoms with van der Waals surface area (Å²) in [7, 11) is 0. The molecule has 1 fully saturated rings. The van der Waals surface area contributed by atoms with Crippen molar-refractivity contribution < 1.29 is 0 Å². The van der Waals surface area contributed by atoms with Crippen LogP contribution in [0.1, 0.15) is 45.4 Å². The molecule has 15 heavy (non-hydrogen) atoms. The fraction of sp³-hybridized carbons (Fsp3) is 0.846. The third-order valence-electron chi connectivity index (χ3n) is 3.97. The molecule has 2 rings (SSSR count). The number of piperidine rings is 1. The van der Waals surface area contributed by atoms with E-state index in [9.17, 15) is 0 Å². The van der Waals surface area contributed by atoms with Gasteiger partial charge >= 0.3 is 0 Å².